The van der Waals surface area contributed by atoms with Crippen molar-refractivity contribution in [3.05, 3.63) is 54.1 Å². The molecule has 4 rings (SSSR count). The highest BCUT2D eigenvalue weighted by atomic mass is 16.5. The number of rotatable bonds is 5. The molecule has 0 N–H and O–H groups in total. The second kappa shape index (κ2) is 9.30. The molecule has 0 saturated carbocycles. The summed E-state index contributed by atoms with van der Waals surface area (Å²) < 4.78 is 16.9. The Bertz CT molecular complexity index is 813. The van der Waals surface area contributed by atoms with Crippen molar-refractivity contribution in [2.24, 2.45) is 0 Å². The summed E-state index contributed by atoms with van der Waals surface area (Å²) >= 11 is 0. The number of hydrogen-bond acceptors (Lipinski definition) is 7. The van der Waals surface area contributed by atoms with Crippen molar-refractivity contribution in [1.82, 2.24) is 19.8 Å². The average molecular weight is 398 g/mol. The van der Waals surface area contributed by atoms with Crippen LogP contribution in [0, 0.1) is 0 Å². The van der Waals surface area contributed by atoms with Crippen LogP contribution in [0.15, 0.2) is 42.9 Å². The van der Waals surface area contributed by atoms with Gasteiger partial charge in [-0.05, 0) is 17.7 Å². The van der Waals surface area contributed by atoms with E-state index in [9.17, 15) is 4.79 Å². The Kier molecular flexibility index (Phi) is 6.33. The maximum absolute atomic E-state index is 13.4. The number of amides is 1. The minimum Gasteiger partial charge on any atom is -0.497 e. The normalized spacial score (nSPS) is 23.0. The summed E-state index contributed by atoms with van der Waals surface area (Å²) in [5.41, 5.74) is 1.33. The van der Waals surface area contributed by atoms with Gasteiger partial charge in [0.2, 0.25) is 0 Å². The lowest BCUT2D eigenvalue weighted by atomic mass is 9.98. The van der Waals surface area contributed by atoms with E-state index >= 15 is 0 Å². The topological polar surface area (TPSA) is 77.0 Å². The third-order valence-electron chi connectivity index (χ3n) is 5.37. The van der Waals surface area contributed by atoms with Crippen LogP contribution < -0.4 is 4.74 Å². The second-order valence-corrected chi connectivity index (χ2v) is 7.13. The molecule has 0 aliphatic carbocycles. The van der Waals surface area contributed by atoms with Crippen molar-refractivity contribution < 1.29 is 19.0 Å². The molecule has 2 atom stereocenters. The highest BCUT2D eigenvalue weighted by Gasteiger charge is 2.38. The van der Waals surface area contributed by atoms with E-state index in [2.05, 4.69) is 14.9 Å². The van der Waals surface area contributed by atoms with Gasteiger partial charge in [0.05, 0.1) is 39.1 Å². The number of carbonyl (C=O) groups excluding carboxylic acids is 1. The van der Waals surface area contributed by atoms with Crippen molar-refractivity contribution in [2.75, 3.05) is 53.1 Å². The van der Waals surface area contributed by atoms with Crippen molar-refractivity contribution in [3.8, 4) is 5.75 Å². The lowest BCUT2D eigenvalue weighted by Crippen LogP contribution is -2.53. The molecule has 2 fully saturated rings. The molecule has 154 valence electrons. The molecule has 0 radical (unpaired) electrons. The minimum atomic E-state index is -0.235. The van der Waals surface area contributed by atoms with E-state index in [-0.39, 0.29) is 18.1 Å². The Labute approximate surface area is 170 Å². The molecule has 0 bridgehead atoms. The number of ether oxygens (including phenoxy) is 3. The van der Waals surface area contributed by atoms with Crippen LogP contribution in [0.4, 0.5) is 0 Å². The molecule has 8 nitrogen and oxygen atoms in total. The Balaban J connectivity index is 1.62. The van der Waals surface area contributed by atoms with Crippen LogP contribution in [0.2, 0.25) is 0 Å². The van der Waals surface area contributed by atoms with Gasteiger partial charge in [-0.25, -0.2) is 0 Å². The van der Waals surface area contributed by atoms with Gasteiger partial charge in [-0.2, -0.15) is 0 Å². The van der Waals surface area contributed by atoms with Gasteiger partial charge >= 0.3 is 0 Å². The number of hydrogen-bond donors (Lipinski definition) is 0. The van der Waals surface area contributed by atoms with E-state index in [1.165, 1.54) is 0 Å². The van der Waals surface area contributed by atoms with E-state index in [0.29, 0.717) is 24.6 Å². The van der Waals surface area contributed by atoms with Crippen LogP contribution in [0.5, 0.6) is 5.75 Å². The first-order valence-corrected chi connectivity index (χ1v) is 9.89. The van der Waals surface area contributed by atoms with Gasteiger partial charge in [0.25, 0.3) is 5.91 Å². The Morgan fingerprint density at radius 3 is 2.83 bits per heavy atom. The summed E-state index contributed by atoms with van der Waals surface area (Å²) in [6, 6.07) is 7.06. The van der Waals surface area contributed by atoms with Crippen molar-refractivity contribution >= 4 is 5.91 Å². The quantitative estimate of drug-likeness (QED) is 0.753. The zero-order valence-electron chi connectivity index (χ0n) is 16.6. The highest BCUT2D eigenvalue weighted by molar-refractivity contribution is 5.93. The minimum absolute atomic E-state index is 0.131. The fraction of sp³-hybridized carbons (Fsp3) is 0.476. The number of nitrogens with zero attached hydrogens (tertiary/aromatic N) is 4. The number of carbonyl (C=O) groups is 1. The number of pyridine rings is 2. The smallest absolute Gasteiger partial charge is 0.273 e. The van der Waals surface area contributed by atoms with Gasteiger partial charge in [0.1, 0.15) is 11.4 Å². The maximum Gasteiger partial charge on any atom is 0.273 e. The van der Waals surface area contributed by atoms with Crippen LogP contribution in [0.1, 0.15) is 22.1 Å². The van der Waals surface area contributed by atoms with Crippen molar-refractivity contribution in [1.29, 1.82) is 0 Å². The Morgan fingerprint density at radius 1 is 1.21 bits per heavy atom. The predicted molar refractivity (Wildman–Crippen MR) is 106 cm³/mol. The maximum atomic E-state index is 13.4. The summed E-state index contributed by atoms with van der Waals surface area (Å²) in [7, 11) is 1.58. The van der Waals surface area contributed by atoms with Gasteiger partial charge in [-0.3, -0.25) is 19.7 Å². The summed E-state index contributed by atoms with van der Waals surface area (Å²) in [5, 5.41) is 0. The average Bonchev–Trinajstić information content (AvgIpc) is 2.80. The largest absolute Gasteiger partial charge is 0.497 e. The number of morpholine rings is 2. The number of aromatic nitrogens is 2. The fourth-order valence-corrected chi connectivity index (χ4v) is 3.90. The molecule has 2 aromatic heterocycles. The first kappa shape index (κ1) is 19.8. The molecule has 0 aromatic carbocycles. The Hall–Kier alpha value is -2.55. The first-order chi connectivity index (χ1) is 14.3. The molecule has 8 heteroatoms. The first-order valence-electron chi connectivity index (χ1n) is 9.89. The van der Waals surface area contributed by atoms with Gasteiger partial charge in [0.15, 0.2) is 0 Å². The van der Waals surface area contributed by atoms with Crippen molar-refractivity contribution in [3.63, 3.8) is 0 Å². The molecular formula is C21H26N4O4. The van der Waals surface area contributed by atoms with Crippen LogP contribution in [0.3, 0.4) is 0 Å². The van der Waals surface area contributed by atoms with Crippen LogP contribution >= 0.6 is 0 Å². The SMILES string of the molecule is COc1ccnc(C(=O)N2CCO[C@@H](CN3CCOCC3)[C@@H]2c2cccnc2)c1. The third kappa shape index (κ3) is 4.55. The fourth-order valence-electron chi connectivity index (χ4n) is 3.90. The molecule has 29 heavy (non-hydrogen) atoms. The molecule has 4 heterocycles. The van der Waals surface area contributed by atoms with E-state index in [1.807, 2.05) is 23.2 Å². The lowest BCUT2D eigenvalue weighted by molar-refractivity contribution is -0.0820. The third-order valence-corrected chi connectivity index (χ3v) is 5.37. The summed E-state index contributed by atoms with van der Waals surface area (Å²) in [5.74, 6) is 0.479. The van der Waals surface area contributed by atoms with E-state index < -0.39 is 0 Å². The van der Waals surface area contributed by atoms with E-state index in [0.717, 1.165) is 38.4 Å². The molecule has 1 amide bonds. The summed E-state index contributed by atoms with van der Waals surface area (Å²) in [6.07, 6.45) is 4.99. The molecule has 0 unspecified atom stereocenters. The highest BCUT2D eigenvalue weighted by Crippen LogP contribution is 2.31. The molecule has 2 aliphatic heterocycles. The van der Waals surface area contributed by atoms with E-state index in [1.54, 1.807) is 31.6 Å². The van der Waals surface area contributed by atoms with Crippen LogP contribution in [-0.4, -0.2) is 84.9 Å². The zero-order valence-corrected chi connectivity index (χ0v) is 16.6. The van der Waals surface area contributed by atoms with Crippen molar-refractivity contribution in [2.45, 2.75) is 12.1 Å². The van der Waals surface area contributed by atoms with Gasteiger partial charge < -0.3 is 19.1 Å². The van der Waals surface area contributed by atoms with Gasteiger partial charge in [-0.1, -0.05) is 6.07 Å². The molecule has 2 aromatic rings. The van der Waals surface area contributed by atoms with Crippen LogP contribution in [-0.2, 0) is 9.47 Å². The molecule has 2 saturated heterocycles. The lowest BCUT2D eigenvalue weighted by Gasteiger charge is -2.43. The molecule has 0 spiro atoms. The van der Waals surface area contributed by atoms with Crippen LogP contribution in [0.25, 0.3) is 0 Å². The monoisotopic (exact) mass is 398 g/mol. The Morgan fingerprint density at radius 2 is 2.07 bits per heavy atom. The second-order valence-electron chi connectivity index (χ2n) is 7.13. The van der Waals surface area contributed by atoms with Gasteiger partial charge in [0, 0.05) is 50.8 Å². The van der Waals surface area contributed by atoms with Gasteiger partial charge in [-0.15, -0.1) is 0 Å². The predicted octanol–water partition coefficient (Wildman–Crippen LogP) is 1.40. The van der Waals surface area contributed by atoms with E-state index in [4.69, 9.17) is 14.2 Å². The summed E-state index contributed by atoms with van der Waals surface area (Å²) in [4.78, 5) is 26.1. The summed E-state index contributed by atoms with van der Waals surface area (Å²) in [6.45, 7) is 4.90. The molecule has 2 aliphatic rings. The zero-order chi connectivity index (χ0) is 20.1. The molecular weight excluding hydrogens is 372 g/mol. The standard InChI is InChI=1S/C21H26N4O4/c1-27-17-4-6-23-18(13-17)21(26)25-9-12-29-19(15-24-7-10-28-11-8-24)20(25)16-3-2-5-22-14-16/h2-6,13-14,19-20H,7-12,15H2,1H3/t19-,20-/m0/s1. The number of methoxy groups -OCH3 is 1.